The van der Waals surface area contributed by atoms with E-state index in [0.29, 0.717) is 17.4 Å². The number of hydrogen-bond donors (Lipinski definition) is 1. The summed E-state index contributed by atoms with van der Waals surface area (Å²) in [7, 11) is 2.04. The topological polar surface area (TPSA) is 12.0 Å². The van der Waals surface area contributed by atoms with Crippen molar-refractivity contribution in [1.29, 1.82) is 0 Å². The molecule has 1 fully saturated rings. The highest BCUT2D eigenvalue weighted by Crippen LogP contribution is 2.57. The highest BCUT2D eigenvalue weighted by Gasteiger charge is 2.50. The molecule has 0 saturated heterocycles. The van der Waals surface area contributed by atoms with Crippen LogP contribution in [0, 0.1) is 5.41 Å². The first-order valence-corrected chi connectivity index (χ1v) is 7.22. The highest BCUT2D eigenvalue weighted by molar-refractivity contribution is 7.20. The fraction of sp³-hybridized carbons (Fsp3) is 0.667. The molecule has 1 heterocycles. The lowest BCUT2D eigenvalue weighted by molar-refractivity contribution is 0.0498. The Bertz CT molecular complexity index is 390. The minimum absolute atomic E-state index is 0.308. The molecule has 0 radical (unpaired) electrons. The van der Waals surface area contributed by atoms with Gasteiger partial charge in [-0.3, -0.25) is 0 Å². The molecule has 0 bridgehead atoms. The van der Waals surface area contributed by atoms with Crippen LogP contribution in [0.15, 0.2) is 6.07 Å². The molecule has 1 nitrogen and oxygen atoms in total. The van der Waals surface area contributed by atoms with Gasteiger partial charge in [0, 0.05) is 6.04 Å². The summed E-state index contributed by atoms with van der Waals surface area (Å²) in [6.45, 7) is 4.59. The SMILES string of the molecule is CCC1(C)C(NC)CC1c1cc(Cl)sc1Cl. The zero-order valence-corrected chi connectivity index (χ0v) is 12.1. The predicted octanol–water partition coefficient (Wildman–Crippen LogP) is 4.55. The number of rotatable bonds is 3. The van der Waals surface area contributed by atoms with E-state index in [1.165, 1.54) is 16.9 Å². The number of hydrogen-bond acceptors (Lipinski definition) is 2. The summed E-state index contributed by atoms with van der Waals surface area (Å²) in [5, 5.41) is 3.40. The van der Waals surface area contributed by atoms with Crippen LogP contribution < -0.4 is 5.32 Å². The minimum atomic E-state index is 0.308. The quantitative estimate of drug-likeness (QED) is 0.855. The minimum Gasteiger partial charge on any atom is -0.316 e. The van der Waals surface area contributed by atoms with E-state index in [1.54, 1.807) is 0 Å². The monoisotopic (exact) mass is 277 g/mol. The van der Waals surface area contributed by atoms with Gasteiger partial charge in [-0.05, 0) is 42.9 Å². The Labute approximate surface area is 111 Å². The van der Waals surface area contributed by atoms with Crippen molar-refractivity contribution < 1.29 is 0 Å². The van der Waals surface area contributed by atoms with Crippen molar-refractivity contribution in [3.8, 4) is 0 Å². The van der Waals surface area contributed by atoms with Crippen molar-refractivity contribution in [2.45, 2.75) is 38.6 Å². The molecule has 1 aliphatic rings. The van der Waals surface area contributed by atoms with Crippen LogP contribution in [0.1, 0.15) is 38.2 Å². The van der Waals surface area contributed by atoms with E-state index in [2.05, 4.69) is 19.2 Å². The van der Waals surface area contributed by atoms with Gasteiger partial charge in [0.2, 0.25) is 0 Å². The van der Waals surface area contributed by atoms with Crippen molar-refractivity contribution in [2.24, 2.45) is 5.41 Å². The Balaban J connectivity index is 2.27. The Kier molecular flexibility index (Phi) is 3.56. The Morgan fingerprint density at radius 2 is 2.25 bits per heavy atom. The van der Waals surface area contributed by atoms with Gasteiger partial charge < -0.3 is 5.32 Å². The van der Waals surface area contributed by atoms with Gasteiger partial charge in [-0.1, -0.05) is 37.0 Å². The van der Waals surface area contributed by atoms with Crippen molar-refractivity contribution in [2.75, 3.05) is 7.05 Å². The highest BCUT2D eigenvalue weighted by atomic mass is 35.5. The standard InChI is InChI=1S/C12H17Cl2NS/c1-4-12(2)8(6-9(12)15-3)7-5-10(13)16-11(7)14/h5,8-9,15H,4,6H2,1-3H3. The molecule has 3 unspecified atom stereocenters. The van der Waals surface area contributed by atoms with E-state index in [0.717, 1.165) is 21.5 Å². The molecule has 0 aromatic carbocycles. The van der Waals surface area contributed by atoms with Crippen LogP contribution in [0.3, 0.4) is 0 Å². The third-order valence-corrected chi connectivity index (χ3v) is 5.75. The molecule has 1 saturated carbocycles. The van der Waals surface area contributed by atoms with Crippen LogP contribution >= 0.6 is 34.5 Å². The fourth-order valence-corrected chi connectivity index (χ4v) is 4.45. The van der Waals surface area contributed by atoms with Crippen LogP contribution in [-0.4, -0.2) is 13.1 Å². The smallest absolute Gasteiger partial charge is 0.0979 e. The molecule has 0 aliphatic heterocycles. The zero-order valence-electron chi connectivity index (χ0n) is 9.81. The van der Waals surface area contributed by atoms with Gasteiger partial charge >= 0.3 is 0 Å². The number of thiophene rings is 1. The summed E-state index contributed by atoms with van der Waals surface area (Å²) >= 11 is 13.7. The van der Waals surface area contributed by atoms with Crippen molar-refractivity contribution in [3.05, 3.63) is 20.3 Å². The van der Waals surface area contributed by atoms with Crippen molar-refractivity contribution >= 4 is 34.5 Å². The molecule has 3 atom stereocenters. The maximum absolute atomic E-state index is 6.24. The molecule has 4 heteroatoms. The second-order valence-electron chi connectivity index (χ2n) is 4.77. The molecule has 2 rings (SSSR count). The second kappa shape index (κ2) is 4.49. The number of halogens is 2. The average molecular weight is 278 g/mol. The normalized spacial score (nSPS) is 33.8. The first-order chi connectivity index (χ1) is 7.52. The Morgan fingerprint density at radius 3 is 2.69 bits per heavy atom. The van der Waals surface area contributed by atoms with Gasteiger partial charge in [-0.15, -0.1) is 11.3 Å². The average Bonchev–Trinajstić information content (AvgIpc) is 2.56. The summed E-state index contributed by atoms with van der Waals surface area (Å²) in [5.41, 5.74) is 1.55. The Morgan fingerprint density at radius 1 is 1.56 bits per heavy atom. The lowest BCUT2D eigenvalue weighted by Gasteiger charge is -2.54. The molecule has 1 N–H and O–H groups in total. The summed E-state index contributed by atoms with van der Waals surface area (Å²) in [6.07, 6.45) is 2.32. The van der Waals surface area contributed by atoms with Gasteiger partial charge in [-0.2, -0.15) is 0 Å². The van der Waals surface area contributed by atoms with E-state index >= 15 is 0 Å². The third kappa shape index (κ3) is 1.80. The Hall–Kier alpha value is 0.240. The lowest BCUT2D eigenvalue weighted by atomic mass is 9.54. The van der Waals surface area contributed by atoms with Gasteiger partial charge in [0.1, 0.15) is 0 Å². The lowest BCUT2D eigenvalue weighted by Crippen LogP contribution is -2.55. The largest absolute Gasteiger partial charge is 0.316 e. The molecule has 1 aromatic heterocycles. The summed E-state index contributed by atoms with van der Waals surface area (Å²) in [5.74, 6) is 0.547. The van der Waals surface area contributed by atoms with Gasteiger partial charge in [0.15, 0.2) is 0 Å². The van der Waals surface area contributed by atoms with Crippen LogP contribution in [0.5, 0.6) is 0 Å². The molecule has 90 valence electrons. The third-order valence-electron chi connectivity index (χ3n) is 4.23. The fourth-order valence-electron chi connectivity index (χ4n) is 2.87. The van der Waals surface area contributed by atoms with E-state index in [1.807, 2.05) is 13.1 Å². The van der Waals surface area contributed by atoms with E-state index < -0.39 is 0 Å². The van der Waals surface area contributed by atoms with Crippen molar-refractivity contribution in [3.63, 3.8) is 0 Å². The van der Waals surface area contributed by atoms with E-state index in [-0.39, 0.29) is 0 Å². The molecular weight excluding hydrogens is 261 g/mol. The van der Waals surface area contributed by atoms with Crippen LogP contribution in [0.2, 0.25) is 8.67 Å². The second-order valence-corrected chi connectivity index (χ2v) is 7.05. The summed E-state index contributed by atoms with van der Waals surface area (Å²) in [6, 6.07) is 2.64. The van der Waals surface area contributed by atoms with Gasteiger partial charge in [-0.25, -0.2) is 0 Å². The zero-order chi connectivity index (χ0) is 11.9. The van der Waals surface area contributed by atoms with E-state index in [4.69, 9.17) is 23.2 Å². The summed E-state index contributed by atoms with van der Waals surface area (Å²) < 4.78 is 1.66. The summed E-state index contributed by atoms with van der Waals surface area (Å²) in [4.78, 5) is 0. The van der Waals surface area contributed by atoms with Crippen molar-refractivity contribution in [1.82, 2.24) is 5.32 Å². The van der Waals surface area contributed by atoms with Gasteiger partial charge in [0.05, 0.1) is 8.67 Å². The first kappa shape index (κ1) is 12.7. The predicted molar refractivity (Wildman–Crippen MR) is 72.9 cm³/mol. The first-order valence-electron chi connectivity index (χ1n) is 5.65. The van der Waals surface area contributed by atoms with Crippen LogP contribution in [0.25, 0.3) is 0 Å². The molecule has 0 amide bonds. The number of nitrogens with one attached hydrogen (secondary N) is 1. The molecule has 0 spiro atoms. The molecule has 1 aliphatic carbocycles. The molecule has 16 heavy (non-hydrogen) atoms. The van der Waals surface area contributed by atoms with E-state index in [9.17, 15) is 0 Å². The molecule has 1 aromatic rings. The van der Waals surface area contributed by atoms with Crippen LogP contribution in [0.4, 0.5) is 0 Å². The maximum Gasteiger partial charge on any atom is 0.0979 e. The van der Waals surface area contributed by atoms with Crippen LogP contribution in [-0.2, 0) is 0 Å². The maximum atomic E-state index is 6.24. The van der Waals surface area contributed by atoms with Gasteiger partial charge in [0.25, 0.3) is 0 Å². The molecular formula is C12H17Cl2NS.